The monoisotopic (exact) mass is 273 g/mol. The van der Waals surface area contributed by atoms with E-state index in [4.69, 9.17) is 0 Å². The average molecular weight is 273 g/mol. The quantitative estimate of drug-likeness (QED) is 0.851. The molecular weight excluding hydrogens is 257 g/mol. The summed E-state index contributed by atoms with van der Waals surface area (Å²) in [6, 6.07) is 14.6. The van der Waals surface area contributed by atoms with E-state index in [2.05, 4.69) is 5.32 Å². The predicted molar refractivity (Wildman–Crippen MR) is 74.9 cm³/mol. The first kappa shape index (κ1) is 14.2. The molecule has 1 atom stereocenters. The molecule has 0 aliphatic heterocycles. The maximum atomic E-state index is 13.0. The summed E-state index contributed by atoms with van der Waals surface area (Å²) in [5.41, 5.74) is 1.55. The summed E-state index contributed by atoms with van der Waals surface area (Å²) >= 11 is 0. The summed E-state index contributed by atoms with van der Waals surface area (Å²) in [7, 11) is 0. The number of rotatable bonds is 6. The summed E-state index contributed by atoms with van der Waals surface area (Å²) in [5, 5.41) is 12.2. The molecule has 2 N–H and O–H groups in total. The van der Waals surface area contributed by atoms with Crippen molar-refractivity contribution in [1.29, 1.82) is 0 Å². The van der Waals surface area contributed by atoms with Crippen LogP contribution < -0.4 is 5.32 Å². The summed E-state index contributed by atoms with van der Waals surface area (Å²) in [5.74, 6) is -1.20. The van der Waals surface area contributed by atoms with Gasteiger partial charge in [0.25, 0.3) is 0 Å². The molecule has 4 heteroatoms. The zero-order valence-corrected chi connectivity index (χ0v) is 10.9. The number of nitrogens with one attached hydrogen (secondary N) is 1. The van der Waals surface area contributed by atoms with Gasteiger partial charge < -0.3 is 10.4 Å². The molecule has 0 fully saturated rings. The first-order valence-electron chi connectivity index (χ1n) is 6.42. The second kappa shape index (κ2) is 6.82. The fraction of sp³-hybridized carbons (Fsp3) is 0.188. The Morgan fingerprint density at radius 2 is 1.90 bits per heavy atom. The van der Waals surface area contributed by atoms with E-state index in [1.807, 2.05) is 12.1 Å². The fourth-order valence-corrected chi connectivity index (χ4v) is 2.05. The molecule has 0 spiro atoms. The van der Waals surface area contributed by atoms with Gasteiger partial charge in [0.2, 0.25) is 0 Å². The van der Waals surface area contributed by atoms with Crippen LogP contribution in [0, 0.1) is 5.82 Å². The summed E-state index contributed by atoms with van der Waals surface area (Å²) in [6.45, 7) is 0.468. The molecule has 2 rings (SSSR count). The highest BCUT2D eigenvalue weighted by atomic mass is 19.1. The van der Waals surface area contributed by atoms with E-state index in [1.54, 1.807) is 30.3 Å². The van der Waals surface area contributed by atoms with E-state index in [9.17, 15) is 14.3 Å². The summed E-state index contributed by atoms with van der Waals surface area (Å²) in [6.07, 6.45) is 0.578. The van der Waals surface area contributed by atoms with Gasteiger partial charge in [-0.1, -0.05) is 42.5 Å². The number of carboxylic acid groups (broad SMARTS) is 1. The SMILES string of the molecule is O=C(O)C(NCCc1cccc(F)c1)c1ccccc1. The Morgan fingerprint density at radius 1 is 1.15 bits per heavy atom. The Hall–Kier alpha value is -2.20. The van der Waals surface area contributed by atoms with Gasteiger partial charge in [-0.15, -0.1) is 0 Å². The molecule has 3 nitrogen and oxygen atoms in total. The minimum atomic E-state index is -0.921. The Labute approximate surface area is 117 Å². The van der Waals surface area contributed by atoms with Gasteiger partial charge in [0.05, 0.1) is 0 Å². The van der Waals surface area contributed by atoms with E-state index in [0.29, 0.717) is 18.5 Å². The highest BCUT2D eigenvalue weighted by molar-refractivity contribution is 5.75. The highest BCUT2D eigenvalue weighted by Gasteiger charge is 2.18. The molecule has 0 bridgehead atoms. The average Bonchev–Trinajstić information content (AvgIpc) is 2.44. The fourth-order valence-electron chi connectivity index (χ4n) is 2.05. The molecule has 0 heterocycles. The first-order valence-corrected chi connectivity index (χ1v) is 6.42. The zero-order chi connectivity index (χ0) is 14.4. The van der Waals surface area contributed by atoms with Gasteiger partial charge >= 0.3 is 5.97 Å². The van der Waals surface area contributed by atoms with Gasteiger partial charge in [0.15, 0.2) is 0 Å². The first-order chi connectivity index (χ1) is 9.66. The van der Waals surface area contributed by atoms with Crippen molar-refractivity contribution in [2.24, 2.45) is 0 Å². The van der Waals surface area contributed by atoms with Crippen LogP contribution in [0.15, 0.2) is 54.6 Å². The lowest BCUT2D eigenvalue weighted by Gasteiger charge is -2.14. The van der Waals surface area contributed by atoms with Crippen LogP contribution in [0.2, 0.25) is 0 Å². The molecule has 104 valence electrons. The third-order valence-corrected chi connectivity index (χ3v) is 3.03. The van der Waals surface area contributed by atoms with Crippen LogP contribution in [0.3, 0.4) is 0 Å². The number of hydrogen-bond donors (Lipinski definition) is 2. The minimum absolute atomic E-state index is 0.277. The van der Waals surface area contributed by atoms with Crippen LogP contribution in [0.25, 0.3) is 0 Å². The summed E-state index contributed by atoms with van der Waals surface area (Å²) < 4.78 is 13.0. The van der Waals surface area contributed by atoms with Crippen LogP contribution in [0.5, 0.6) is 0 Å². The van der Waals surface area contributed by atoms with Crippen molar-refractivity contribution in [2.75, 3.05) is 6.54 Å². The van der Waals surface area contributed by atoms with Gasteiger partial charge in [0.1, 0.15) is 11.9 Å². The smallest absolute Gasteiger partial charge is 0.325 e. The number of carbonyl (C=O) groups is 1. The molecule has 0 aliphatic carbocycles. The van der Waals surface area contributed by atoms with Crippen molar-refractivity contribution in [2.45, 2.75) is 12.5 Å². The van der Waals surface area contributed by atoms with Crippen molar-refractivity contribution < 1.29 is 14.3 Å². The van der Waals surface area contributed by atoms with Crippen LogP contribution in [-0.2, 0) is 11.2 Å². The molecule has 20 heavy (non-hydrogen) atoms. The second-order valence-electron chi connectivity index (χ2n) is 4.52. The van der Waals surface area contributed by atoms with Gasteiger partial charge in [-0.3, -0.25) is 4.79 Å². The normalized spacial score (nSPS) is 12.1. The number of benzene rings is 2. The molecule has 2 aromatic rings. The molecule has 0 aliphatic rings. The largest absolute Gasteiger partial charge is 0.480 e. The lowest BCUT2D eigenvalue weighted by Crippen LogP contribution is -2.30. The predicted octanol–water partition coefficient (Wildman–Crippen LogP) is 2.78. The molecule has 0 saturated heterocycles. The van der Waals surface area contributed by atoms with Gasteiger partial charge in [-0.25, -0.2) is 4.39 Å². The van der Waals surface area contributed by atoms with E-state index >= 15 is 0 Å². The maximum absolute atomic E-state index is 13.0. The Balaban J connectivity index is 1.95. The lowest BCUT2D eigenvalue weighted by atomic mass is 10.1. The molecule has 0 amide bonds. The Kier molecular flexibility index (Phi) is 4.85. The minimum Gasteiger partial charge on any atom is -0.480 e. The highest BCUT2D eigenvalue weighted by Crippen LogP contribution is 2.13. The van der Waals surface area contributed by atoms with Crippen molar-refractivity contribution in [1.82, 2.24) is 5.32 Å². The molecule has 1 unspecified atom stereocenters. The number of halogens is 1. The van der Waals surface area contributed by atoms with Crippen molar-refractivity contribution in [3.8, 4) is 0 Å². The van der Waals surface area contributed by atoms with E-state index in [-0.39, 0.29) is 5.82 Å². The summed E-state index contributed by atoms with van der Waals surface area (Å²) in [4.78, 5) is 11.3. The topological polar surface area (TPSA) is 49.3 Å². The van der Waals surface area contributed by atoms with Gasteiger partial charge in [-0.2, -0.15) is 0 Å². The van der Waals surface area contributed by atoms with Crippen molar-refractivity contribution in [3.63, 3.8) is 0 Å². The number of aliphatic carboxylic acids is 1. The lowest BCUT2D eigenvalue weighted by molar-refractivity contribution is -0.139. The van der Waals surface area contributed by atoms with E-state index in [0.717, 1.165) is 5.56 Å². The third kappa shape index (κ3) is 3.90. The van der Waals surface area contributed by atoms with Crippen LogP contribution in [0.4, 0.5) is 4.39 Å². The van der Waals surface area contributed by atoms with Crippen molar-refractivity contribution in [3.05, 3.63) is 71.5 Å². The number of carboxylic acids is 1. The van der Waals surface area contributed by atoms with Crippen LogP contribution >= 0.6 is 0 Å². The van der Waals surface area contributed by atoms with Gasteiger partial charge in [0, 0.05) is 6.54 Å². The second-order valence-corrected chi connectivity index (χ2v) is 4.52. The molecule has 2 aromatic carbocycles. The zero-order valence-electron chi connectivity index (χ0n) is 10.9. The maximum Gasteiger partial charge on any atom is 0.325 e. The third-order valence-electron chi connectivity index (χ3n) is 3.03. The van der Waals surface area contributed by atoms with Crippen molar-refractivity contribution >= 4 is 5.97 Å². The van der Waals surface area contributed by atoms with E-state index in [1.165, 1.54) is 12.1 Å². The molecule has 0 aromatic heterocycles. The Morgan fingerprint density at radius 3 is 2.55 bits per heavy atom. The molecule has 0 radical (unpaired) electrons. The van der Waals surface area contributed by atoms with E-state index < -0.39 is 12.0 Å². The molecule has 0 saturated carbocycles. The van der Waals surface area contributed by atoms with Crippen LogP contribution in [0.1, 0.15) is 17.2 Å². The van der Waals surface area contributed by atoms with Gasteiger partial charge in [-0.05, 0) is 29.7 Å². The number of hydrogen-bond acceptors (Lipinski definition) is 2. The Bertz CT molecular complexity index is 572. The van der Waals surface area contributed by atoms with Crippen LogP contribution in [-0.4, -0.2) is 17.6 Å². The standard InChI is InChI=1S/C16H16FNO2/c17-14-8-4-5-12(11-14)9-10-18-15(16(19)20)13-6-2-1-3-7-13/h1-8,11,15,18H,9-10H2,(H,19,20). The molecular formula is C16H16FNO2.